The molecule has 0 atom stereocenters. The first kappa shape index (κ1) is 19.0. The fourth-order valence-corrected chi connectivity index (χ4v) is 2.92. The summed E-state index contributed by atoms with van der Waals surface area (Å²) in [6.45, 7) is 3.48. The molecule has 7 heteroatoms. The maximum Gasteiger partial charge on any atom is 0.335 e. The molecule has 0 bridgehead atoms. The van der Waals surface area contributed by atoms with E-state index in [4.69, 9.17) is 0 Å². The van der Waals surface area contributed by atoms with Gasteiger partial charge in [0.2, 0.25) is 0 Å². The largest absolute Gasteiger partial charge is 0.478 e. The van der Waals surface area contributed by atoms with Gasteiger partial charge in [-0.15, -0.1) is 0 Å². The van der Waals surface area contributed by atoms with Crippen LogP contribution in [0.2, 0.25) is 0 Å². The number of aromatic carboxylic acids is 1. The first-order chi connectivity index (χ1) is 13.4. The smallest absolute Gasteiger partial charge is 0.335 e. The average molecular weight is 377 g/mol. The van der Waals surface area contributed by atoms with Gasteiger partial charge in [0.25, 0.3) is 5.56 Å². The van der Waals surface area contributed by atoms with E-state index in [1.165, 1.54) is 23.7 Å². The van der Waals surface area contributed by atoms with Gasteiger partial charge >= 0.3 is 5.97 Å². The number of aryl methyl sites for hydroxylation is 1. The van der Waals surface area contributed by atoms with Crippen molar-refractivity contribution in [2.45, 2.75) is 20.4 Å². The van der Waals surface area contributed by atoms with E-state index in [0.717, 1.165) is 0 Å². The lowest BCUT2D eigenvalue weighted by molar-refractivity contribution is 0.0696. The van der Waals surface area contributed by atoms with Crippen molar-refractivity contribution in [2.24, 2.45) is 0 Å². The Morgan fingerprint density at radius 2 is 1.82 bits per heavy atom. The third-order valence-corrected chi connectivity index (χ3v) is 4.23. The quantitative estimate of drug-likeness (QED) is 0.637. The number of carboxylic acids is 1. The van der Waals surface area contributed by atoms with Crippen LogP contribution in [0.3, 0.4) is 0 Å². The third-order valence-electron chi connectivity index (χ3n) is 4.23. The molecule has 0 aliphatic carbocycles. The summed E-state index contributed by atoms with van der Waals surface area (Å²) >= 11 is 0. The molecule has 0 spiro atoms. The first-order valence-corrected chi connectivity index (χ1v) is 8.74. The summed E-state index contributed by atoms with van der Waals surface area (Å²) in [6, 6.07) is 15.2. The zero-order valence-corrected chi connectivity index (χ0v) is 15.5. The lowest BCUT2D eigenvalue weighted by atomic mass is 10.0. The number of Topliss-reactive ketones (excluding diaryl/α,β-unsaturated/α-hetero) is 1. The summed E-state index contributed by atoms with van der Waals surface area (Å²) in [7, 11) is 0. The van der Waals surface area contributed by atoms with E-state index in [1.807, 2.05) is 30.3 Å². The van der Waals surface area contributed by atoms with Crippen LogP contribution in [0.5, 0.6) is 0 Å². The highest BCUT2D eigenvalue weighted by Crippen LogP contribution is 2.27. The first-order valence-electron chi connectivity index (χ1n) is 8.74. The normalized spacial score (nSPS) is 10.5. The van der Waals surface area contributed by atoms with E-state index >= 15 is 0 Å². The summed E-state index contributed by atoms with van der Waals surface area (Å²) in [5.41, 5.74) is 1.36. The maximum absolute atomic E-state index is 12.9. The minimum atomic E-state index is -1.08. The number of hydrogen-bond donors (Lipinski definition) is 2. The number of aromatic nitrogens is 2. The summed E-state index contributed by atoms with van der Waals surface area (Å²) in [4.78, 5) is 36.6. The fraction of sp³-hybridized carbons (Fsp3) is 0.143. The molecular weight excluding hydrogens is 358 g/mol. The fourth-order valence-electron chi connectivity index (χ4n) is 2.92. The Bertz CT molecular complexity index is 1100. The molecule has 0 unspecified atom stereocenters. The maximum atomic E-state index is 12.9. The number of carbonyl (C=O) groups excluding carboxylic acids is 1. The van der Waals surface area contributed by atoms with Gasteiger partial charge in [0.1, 0.15) is 11.4 Å². The molecule has 0 saturated heterocycles. The van der Waals surface area contributed by atoms with Crippen molar-refractivity contribution in [3.63, 3.8) is 0 Å². The Kier molecular flexibility index (Phi) is 5.35. The van der Waals surface area contributed by atoms with E-state index in [2.05, 4.69) is 10.4 Å². The molecule has 2 aromatic carbocycles. The van der Waals surface area contributed by atoms with Gasteiger partial charge in [-0.25, -0.2) is 9.48 Å². The second-order valence-electron chi connectivity index (χ2n) is 6.15. The van der Waals surface area contributed by atoms with Crippen molar-refractivity contribution in [3.8, 4) is 11.3 Å². The molecule has 0 radical (unpaired) electrons. The third kappa shape index (κ3) is 3.68. The molecule has 0 fully saturated rings. The highest BCUT2D eigenvalue weighted by atomic mass is 16.4. The summed E-state index contributed by atoms with van der Waals surface area (Å²) < 4.78 is 1.28. The second-order valence-corrected chi connectivity index (χ2v) is 6.15. The van der Waals surface area contributed by atoms with E-state index < -0.39 is 11.5 Å². The number of benzene rings is 2. The van der Waals surface area contributed by atoms with Crippen LogP contribution in [0, 0.1) is 0 Å². The van der Waals surface area contributed by atoms with Crippen molar-refractivity contribution in [2.75, 3.05) is 5.32 Å². The summed E-state index contributed by atoms with van der Waals surface area (Å²) in [5, 5.41) is 16.5. The van der Waals surface area contributed by atoms with Crippen LogP contribution in [-0.4, -0.2) is 26.6 Å². The molecule has 2 N–H and O–H groups in total. The van der Waals surface area contributed by atoms with Gasteiger partial charge in [0.05, 0.1) is 11.1 Å². The highest BCUT2D eigenvalue weighted by Gasteiger charge is 2.22. The molecule has 1 heterocycles. The minimum absolute atomic E-state index is 0.0718. The Morgan fingerprint density at radius 3 is 2.43 bits per heavy atom. The molecule has 0 aliphatic rings. The number of anilines is 2. The molecule has 0 saturated carbocycles. The Balaban J connectivity index is 2.25. The number of hydrogen-bond acceptors (Lipinski definition) is 5. The zero-order chi connectivity index (χ0) is 20.3. The molecule has 142 valence electrons. The second kappa shape index (κ2) is 7.87. The Morgan fingerprint density at radius 1 is 1.11 bits per heavy atom. The minimum Gasteiger partial charge on any atom is -0.478 e. The van der Waals surface area contributed by atoms with Crippen molar-refractivity contribution < 1.29 is 14.7 Å². The van der Waals surface area contributed by atoms with Gasteiger partial charge in [-0.3, -0.25) is 9.59 Å². The van der Waals surface area contributed by atoms with Crippen LogP contribution >= 0.6 is 0 Å². The van der Waals surface area contributed by atoms with Gasteiger partial charge in [-0.2, -0.15) is 5.10 Å². The van der Waals surface area contributed by atoms with Crippen LogP contribution in [-0.2, 0) is 6.54 Å². The van der Waals surface area contributed by atoms with E-state index in [-0.39, 0.29) is 22.6 Å². The molecule has 3 aromatic rings. The number of carbonyl (C=O) groups is 2. The summed E-state index contributed by atoms with van der Waals surface area (Å²) in [6.07, 6.45) is 0. The predicted octanol–water partition coefficient (Wildman–Crippen LogP) is 3.57. The lowest BCUT2D eigenvalue weighted by Crippen LogP contribution is -2.28. The number of nitrogens with one attached hydrogen (secondary N) is 1. The highest BCUT2D eigenvalue weighted by molar-refractivity contribution is 6.05. The van der Waals surface area contributed by atoms with E-state index in [9.17, 15) is 19.5 Å². The molecule has 0 amide bonds. The molecule has 7 nitrogen and oxygen atoms in total. The van der Waals surface area contributed by atoms with E-state index in [1.54, 1.807) is 19.1 Å². The number of ketones is 1. The Labute approximate surface area is 161 Å². The molecular formula is C21H19N3O4. The monoisotopic (exact) mass is 377 g/mol. The predicted molar refractivity (Wildman–Crippen MR) is 106 cm³/mol. The average Bonchev–Trinajstić information content (AvgIpc) is 2.69. The lowest BCUT2D eigenvalue weighted by Gasteiger charge is -2.16. The van der Waals surface area contributed by atoms with Crippen molar-refractivity contribution in [3.05, 3.63) is 76.1 Å². The van der Waals surface area contributed by atoms with Crippen molar-refractivity contribution in [1.82, 2.24) is 9.78 Å². The van der Waals surface area contributed by atoms with Gasteiger partial charge in [0, 0.05) is 17.8 Å². The standard InChI is InChI=1S/C21H19N3O4/c1-3-24-20(26)19(22-16-11-7-10-15(12-16)21(27)28)17(13(2)25)18(23-24)14-8-5-4-6-9-14/h4-12,22H,3H2,1-2H3,(H,27,28). The topological polar surface area (TPSA) is 101 Å². The van der Waals surface area contributed by atoms with E-state index in [0.29, 0.717) is 23.5 Å². The van der Waals surface area contributed by atoms with Crippen LogP contribution in [0.4, 0.5) is 11.4 Å². The van der Waals surface area contributed by atoms with Crippen LogP contribution in [0.1, 0.15) is 34.6 Å². The van der Waals surface area contributed by atoms with Gasteiger partial charge in [0.15, 0.2) is 5.78 Å². The Hall–Kier alpha value is -3.74. The molecule has 3 rings (SSSR count). The number of nitrogens with zero attached hydrogens (tertiary/aromatic N) is 2. The molecule has 28 heavy (non-hydrogen) atoms. The number of carboxylic acid groups (broad SMARTS) is 1. The van der Waals surface area contributed by atoms with Crippen LogP contribution < -0.4 is 10.9 Å². The summed E-state index contributed by atoms with van der Waals surface area (Å²) in [5.74, 6) is -1.40. The van der Waals surface area contributed by atoms with Crippen LogP contribution in [0.15, 0.2) is 59.4 Å². The van der Waals surface area contributed by atoms with Gasteiger partial charge < -0.3 is 10.4 Å². The molecule has 0 aliphatic heterocycles. The number of rotatable bonds is 6. The van der Waals surface area contributed by atoms with Crippen molar-refractivity contribution >= 4 is 23.1 Å². The van der Waals surface area contributed by atoms with Crippen LogP contribution in [0.25, 0.3) is 11.3 Å². The van der Waals surface area contributed by atoms with Crippen molar-refractivity contribution in [1.29, 1.82) is 0 Å². The zero-order valence-electron chi connectivity index (χ0n) is 15.5. The SMILES string of the molecule is CCn1nc(-c2ccccc2)c(C(C)=O)c(Nc2cccc(C(=O)O)c2)c1=O. The van der Waals surface area contributed by atoms with Gasteiger partial charge in [-0.05, 0) is 32.0 Å². The van der Waals surface area contributed by atoms with Gasteiger partial charge in [-0.1, -0.05) is 36.4 Å². The molecule has 1 aromatic heterocycles.